The van der Waals surface area contributed by atoms with Gasteiger partial charge in [0.1, 0.15) is 0 Å². The molecule has 2 heteroatoms. The van der Waals surface area contributed by atoms with Crippen LogP contribution >= 0.6 is 0 Å². The van der Waals surface area contributed by atoms with E-state index in [0.717, 1.165) is 5.20 Å². The summed E-state index contributed by atoms with van der Waals surface area (Å²) in [6.07, 6.45) is 0. The van der Waals surface area contributed by atoms with Gasteiger partial charge in [-0.2, -0.15) is 0 Å². The Hall–Kier alpha value is -0.0831. The molecule has 0 saturated carbocycles. The van der Waals surface area contributed by atoms with Crippen molar-refractivity contribution < 1.29 is 5.11 Å². The van der Waals surface area contributed by atoms with E-state index in [0.29, 0.717) is 16.6 Å². The van der Waals surface area contributed by atoms with Gasteiger partial charge >= 0.3 is 0 Å². The lowest BCUT2D eigenvalue weighted by Gasteiger charge is -2.44. The molecule has 1 nitrogen and oxygen atoms in total. The van der Waals surface area contributed by atoms with Gasteiger partial charge < -0.3 is 5.11 Å². The third-order valence-electron chi connectivity index (χ3n) is 3.67. The molecule has 0 amide bonds. The first-order chi connectivity index (χ1) is 6.31. The molecule has 0 rings (SSSR count). The Morgan fingerprint density at radius 2 is 1.29 bits per heavy atom. The molecule has 0 fully saturated rings. The SMILES string of the molecule is C=C(CO)[Si](C(C)C)(C(C)C)C(C)C. The Labute approximate surface area is 90.2 Å². The average Bonchev–Trinajstić information content (AvgIpc) is 2.02. The van der Waals surface area contributed by atoms with Crippen LogP contribution < -0.4 is 0 Å². The van der Waals surface area contributed by atoms with Crippen LogP contribution in [0.3, 0.4) is 0 Å². The fourth-order valence-electron chi connectivity index (χ4n) is 3.36. The Bertz CT molecular complexity index is 173. The molecule has 0 aliphatic carbocycles. The predicted molar refractivity (Wildman–Crippen MR) is 67.3 cm³/mol. The molecule has 1 N–H and O–H groups in total. The van der Waals surface area contributed by atoms with Gasteiger partial charge in [0.15, 0.2) is 0 Å². The second-order valence-corrected chi connectivity index (χ2v) is 11.2. The maximum atomic E-state index is 9.35. The van der Waals surface area contributed by atoms with E-state index in [1.165, 1.54) is 0 Å². The van der Waals surface area contributed by atoms with Crippen molar-refractivity contribution in [3.8, 4) is 0 Å². The van der Waals surface area contributed by atoms with E-state index >= 15 is 0 Å². The van der Waals surface area contributed by atoms with Gasteiger partial charge in [-0.25, -0.2) is 0 Å². The summed E-state index contributed by atoms with van der Waals surface area (Å²) in [6.45, 7) is 18.0. The summed E-state index contributed by atoms with van der Waals surface area (Å²) < 4.78 is 0. The topological polar surface area (TPSA) is 20.2 Å². The number of aliphatic hydroxyl groups is 1. The Balaban J connectivity index is 5.27. The zero-order chi connectivity index (χ0) is 11.5. The van der Waals surface area contributed by atoms with E-state index in [1.54, 1.807) is 0 Å². The van der Waals surface area contributed by atoms with Crippen LogP contribution in [0.25, 0.3) is 0 Å². The maximum Gasteiger partial charge on any atom is 0.0913 e. The smallest absolute Gasteiger partial charge is 0.0913 e. The van der Waals surface area contributed by atoms with Crippen molar-refractivity contribution in [3.05, 3.63) is 11.8 Å². The van der Waals surface area contributed by atoms with E-state index < -0.39 is 8.07 Å². The molecule has 0 spiro atoms. The fraction of sp³-hybridized carbons (Fsp3) is 0.833. The van der Waals surface area contributed by atoms with Gasteiger partial charge in [0, 0.05) is 0 Å². The molecule has 0 aromatic heterocycles. The molecule has 0 aliphatic rings. The van der Waals surface area contributed by atoms with Gasteiger partial charge in [0.2, 0.25) is 0 Å². The van der Waals surface area contributed by atoms with Crippen LogP contribution in [-0.2, 0) is 0 Å². The van der Waals surface area contributed by atoms with E-state index in [2.05, 4.69) is 48.1 Å². The van der Waals surface area contributed by atoms with E-state index in [4.69, 9.17) is 0 Å². The largest absolute Gasteiger partial charge is 0.392 e. The van der Waals surface area contributed by atoms with Crippen molar-refractivity contribution in [3.63, 3.8) is 0 Å². The standard InChI is InChI=1S/C12H26OSi/c1-9(2)14(10(3)4,11(5)6)12(7)8-13/h9-11,13H,7-8H2,1-6H3. The lowest BCUT2D eigenvalue weighted by molar-refractivity contribution is 0.336. The molecule has 0 saturated heterocycles. The zero-order valence-corrected chi connectivity index (χ0v) is 11.6. The van der Waals surface area contributed by atoms with Crippen molar-refractivity contribution >= 4 is 8.07 Å². The van der Waals surface area contributed by atoms with E-state index in [1.807, 2.05) is 0 Å². The zero-order valence-electron chi connectivity index (χ0n) is 10.6. The van der Waals surface area contributed by atoms with Gasteiger partial charge in [0.25, 0.3) is 0 Å². The van der Waals surface area contributed by atoms with Gasteiger partial charge in [-0.05, 0) is 16.6 Å². The Morgan fingerprint density at radius 3 is 1.36 bits per heavy atom. The van der Waals surface area contributed by atoms with Gasteiger partial charge in [-0.15, -0.1) is 6.58 Å². The summed E-state index contributed by atoms with van der Waals surface area (Å²) >= 11 is 0. The van der Waals surface area contributed by atoms with Crippen LogP contribution in [0.15, 0.2) is 11.8 Å². The summed E-state index contributed by atoms with van der Waals surface area (Å²) in [4.78, 5) is 0. The molecule has 84 valence electrons. The Morgan fingerprint density at radius 1 is 1.00 bits per heavy atom. The third-order valence-corrected chi connectivity index (χ3v) is 10.8. The maximum absolute atomic E-state index is 9.35. The Kier molecular flexibility index (Phi) is 5.10. The van der Waals surface area contributed by atoms with Crippen molar-refractivity contribution in [2.45, 2.75) is 58.2 Å². The van der Waals surface area contributed by atoms with Crippen LogP contribution in [0.4, 0.5) is 0 Å². The fourth-order valence-corrected chi connectivity index (χ4v) is 10.1. The van der Waals surface area contributed by atoms with Crippen molar-refractivity contribution in [2.75, 3.05) is 6.61 Å². The van der Waals surface area contributed by atoms with E-state index in [9.17, 15) is 5.11 Å². The van der Waals surface area contributed by atoms with Crippen molar-refractivity contribution in [1.29, 1.82) is 0 Å². The molecule has 0 unspecified atom stereocenters. The van der Waals surface area contributed by atoms with Crippen LogP contribution in [-0.4, -0.2) is 19.8 Å². The predicted octanol–water partition coefficient (Wildman–Crippen LogP) is 3.75. The van der Waals surface area contributed by atoms with Crippen LogP contribution in [0.1, 0.15) is 41.5 Å². The second-order valence-electron chi connectivity index (χ2n) is 5.16. The van der Waals surface area contributed by atoms with Crippen molar-refractivity contribution in [1.82, 2.24) is 0 Å². The van der Waals surface area contributed by atoms with Crippen LogP contribution in [0.5, 0.6) is 0 Å². The minimum Gasteiger partial charge on any atom is -0.392 e. The highest BCUT2D eigenvalue weighted by Crippen LogP contribution is 2.45. The average molecular weight is 214 g/mol. The number of rotatable bonds is 5. The minimum atomic E-state index is -1.58. The normalized spacial score (nSPS) is 13.0. The third kappa shape index (κ3) is 2.11. The molecular weight excluding hydrogens is 188 g/mol. The lowest BCUT2D eigenvalue weighted by atomic mass is 10.5. The molecule has 0 heterocycles. The molecule has 0 aromatic carbocycles. The van der Waals surface area contributed by atoms with Crippen LogP contribution in [0.2, 0.25) is 16.6 Å². The first-order valence-electron chi connectivity index (χ1n) is 5.60. The summed E-state index contributed by atoms with van der Waals surface area (Å²) in [5, 5.41) is 10.5. The molecule has 0 radical (unpaired) electrons. The van der Waals surface area contributed by atoms with Crippen LogP contribution in [0, 0.1) is 0 Å². The summed E-state index contributed by atoms with van der Waals surface area (Å²) in [5.74, 6) is 0. The monoisotopic (exact) mass is 214 g/mol. The highest BCUT2D eigenvalue weighted by Gasteiger charge is 2.44. The molecule has 14 heavy (non-hydrogen) atoms. The molecule has 0 aliphatic heterocycles. The molecule has 0 aromatic rings. The van der Waals surface area contributed by atoms with E-state index in [-0.39, 0.29) is 6.61 Å². The molecular formula is C12H26OSi. The quantitative estimate of drug-likeness (QED) is 0.691. The highest BCUT2D eigenvalue weighted by atomic mass is 28.3. The molecule has 0 atom stereocenters. The summed E-state index contributed by atoms with van der Waals surface area (Å²) in [6, 6.07) is 0. The van der Waals surface area contributed by atoms with Crippen molar-refractivity contribution in [2.24, 2.45) is 0 Å². The number of aliphatic hydroxyl groups excluding tert-OH is 1. The minimum absolute atomic E-state index is 0.167. The van der Waals surface area contributed by atoms with Gasteiger partial charge in [-0.3, -0.25) is 0 Å². The number of hydrogen-bond donors (Lipinski definition) is 1. The first kappa shape index (κ1) is 13.9. The highest BCUT2D eigenvalue weighted by molar-refractivity contribution is 6.89. The lowest BCUT2D eigenvalue weighted by Crippen LogP contribution is -2.47. The summed E-state index contributed by atoms with van der Waals surface area (Å²) in [5.41, 5.74) is 1.96. The van der Waals surface area contributed by atoms with Gasteiger partial charge in [-0.1, -0.05) is 46.7 Å². The second kappa shape index (κ2) is 5.13. The molecule has 0 bridgehead atoms. The first-order valence-corrected chi connectivity index (χ1v) is 7.84. The number of hydrogen-bond acceptors (Lipinski definition) is 1. The summed E-state index contributed by atoms with van der Waals surface area (Å²) in [7, 11) is -1.58. The van der Waals surface area contributed by atoms with Gasteiger partial charge in [0.05, 0.1) is 14.7 Å².